The first-order valence-corrected chi connectivity index (χ1v) is 6.20. The van der Waals surface area contributed by atoms with Crippen molar-refractivity contribution in [1.29, 1.82) is 0 Å². The SMILES string of the molecule is Oc1ccc(-c2noc(C(O)c3ccccc3)n2)cc1F. The smallest absolute Gasteiger partial charge is 0.260 e. The van der Waals surface area contributed by atoms with Crippen LogP contribution in [0.5, 0.6) is 5.75 Å². The molecule has 0 saturated carbocycles. The van der Waals surface area contributed by atoms with Crippen LogP contribution < -0.4 is 0 Å². The van der Waals surface area contributed by atoms with Gasteiger partial charge in [0.25, 0.3) is 5.89 Å². The molecule has 21 heavy (non-hydrogen) atoms. The number of phenols is 1. The lowest BCUT2D eigenvalue weighted by atomic mass is 10.1. The van der Waals surface area contributed by atoms with Gasteiger partial charge in [-0.25, -0.2) is 4.39 Å². The molecule has 3 aromatic rings. The lowest BCUT2D eigenvalue weighted by Crippen LogP contribution is -1.99. The molecule has 1 aromatic heterocycles. The summed E-state index contributed by atoms with van der Waals surface area (Å²) in [6.45, 7) is 0. The lowest BCUT2D eigenvalue weighted by molar-refractivity contribution is 0.170. The molecule has 0 amide bonds. The molecule has 2 N–H and O–H groups in total. The predicted octanol–water partition coefficient (Wildman–Crippen LogP) is 2.66. The van der Waals surface area contributed by atoms with Crippen molar-refractivity contribution in [3.8, 4) is 17.1 Å². The minimum Gasteiger partial charge on any atom is -0.505 e. The molecule has 0 fully saturated rings. The monoisotopic (exact) mass is 286 g/mol. The van der Waals surface area contributed by atoms with Crippen LogP contribution >= 0.6 is 0 Å². The fraction of sp³-hybridized carbons (Fsp3) is 0.0667. The van der Waals surface area contributed by atoms with Crippen LogP contribution in [0.3, 0.4) is 0 Å². The summed E-state index contributed by atoms with van der Waals surface area (Å²) >= 11 is 0. The molecule has 6 heteroatoms. The maximum absolute atomic E-state index is 13.3. The molecular formula is C15H11FN2O3. The van der Waals surface area contributed by atoms with E-state index in [0.717, 1.165) is 6.07 Å². The third-order valence-corrected chi connectivity index (χ3v) is 3.00. The molecule has 0 spiro atoms. The summed E-state index contributed by atoms with van der Waals surface area (Å²) in [5.74, 6) is -1.07. The van der Waals surface area contributed by atoms with Gasteiger partial charge in [-0.2, -0.15) is 4.98 Å². The first-order chi connectivity index (χ1) is 10.1. The molecule has 0 radical (unpaired) electrons. The fourth-order valence-corrected chi connectivity index (χ4v) is 1.89. The molecule has 0 aliphatic carbocycles. The van der Waals surface area contributed by atoms with E-state index in [1.807, 2.05) is 6.07 Å². The van der Waals surface area contributed by atoms with Crippen LogP contribution in [0.4, 0.5) is 4.39 Å². The van der Waals surface area contributed by atoms with Crippen molar-refractivity contribution in [3.05, 3.63) is 65.8 Å². The number of phenolic OH excluding ortho intramolecular Hbond substituents is 1. The van der Waals surface area contributed by atoms with Crippen molar-refractivity contribution < 1.29 is 19.1 Å². The Morgan fingerprint density at radius 2 is 1.86 bits per heavy atom. The van der Waals surface area contributed by atoms with Gasteiger partial charge in [-0.05, 0) is 23.8 Å². The molecular weight excluding hydrogens is 275 g/mol. The van der Waals surface area contributed by atoms with E-state index in [-0.39, 0.29) is 11.7 Å². The van der Waals surface area contributed by atoms with E-state index >= 15 is 0 Å². The third-order valence-electron chi connectivity index (χ3n) is 3.00. The highest BCUT2D eigenvalue weighted by Crippen LogP contribution is 2.25. The summed E-state index contributed by atoms with van der Waals surface area (Å²) in [6, 6.07) is 12.6. The summed E-state index contributed by atoms with van der Waals surface area (Å²) in [5, 5.41) is 23.0. The molecule has 1 unspecified atom stereocenters. The predicted molar refractivity (Wildman–Crippen MR) is 71.9 cm³/mol. The topological polar surface area (TPSA) is 79.4 Å². The number of aromatic hydroxyl groups is 1. The molecule has 3 rings (SSSR count). The van der Waals surface area contributed by atoms with Crippen molar-refractivity contribution in [2.24, 2.45) is 0 Å². The van der Waals surface area contributed by atoms with Crippen molar-refractivity contribution >= 4 is 0 Å². The van der Waals surface area contributed by atoms with Gasteiger partial charge in [-0.15, -0.1) is 0 Å². The van der Waals surface area contributed by atoms with Gasteiger partial charge in [-0.3, -0.25) is 0 Å². The van der Waals surface area contributed by atoms with Crippen LogP contribution in [0.25, 0.3) is 11.4 Å². The Hall–Kier alpha value is -2.73. The molecule has 106 valence electrons. The van der Waals surface area contributed by atoms with Crippen molar-refractivity contribution in [3.63, 3.8) is 0 Å². The highest BCUT2D eigenvalue weighted by atomic mass is 19.1. The number of aliphatic hydroxyl groups is 1. The van der Waals surface area contributed by atoms with E-state index in [1.165, 1.54) is 12.1 Å². The van der Waals surface area contributed by atoms with Gasteiger partial charge in [0.05, 0.1) is 0 Å². The van der Waals surface area contributed by atoms with Crippen LogP contribution in [0, 0.1) is 5.82 Å². The van der Waals surface area contributed by atoms with Crippen LogP contribution in [0.15, 0.2) is 53.1 Å². The van der Waals surface area contributed by atoms with Crippen molar-refractivity contribution in [1.82, 2.24) is 10.1 Å². The molecule has 0 aliphatic rings. The number of nitrogens with zero attached hydrogens (tertiary/aromatic N) is 2. The van der Waals surface area contributed by atoms with E-state index in [1.54, 1.807) is 24.3 Å². The number of aromatic nitrogens is 2. The summed E-state index contributed by atoms with van der Waals surface area (Å²) in [5.41, 5.74) is 0.963. The average molecular weight is 286 g/mol. The number of benzene rings is 2. The van der Waals surface area contributed by atoms with Crippen molar-refractivity contribution in [2.45, 2.75) is 6.10 Å². The zero-order chi connectivity index (χ0) is 14.8. The summed E-state index contributed by atoms with van der Waals surface area (Å²) in [6.07, 6.45) is -1.05. The van der Waals surface area contributed by atoms with Gasteiger partial charge in [0.2, 0.25) is 5.82 Å². The minimum atomic E-state index is -1.05. The molecule has 0 bridgehead atoms. The van der Waals surface area contributed by atoms with E-state index < -0.39 is 17.7 Å². The summed E-state index contributed by atoms with van der Waals surface area (Å²) < 4.78 is 18.3. The number of hydrogen-bond acceptors (Lipinski definition) is 5. The summed E-state index contributed by atoms with van der Waals surface area (Å²) in [7, 11) is 0. The molecule has 1 heterocycles. The third kappa shape index (κ3) is 2.61. The molecule has 0 aliphatic heterocycles. The van der Waals surface area contributed by atoms with E-state index in [4.69, 9.17) is 9.63 Å². The first-order valence-electron chi connectivity index (χ1n) is 6.20. The van der Waals surface area contributed by atoms with E-state index in [0.29, 0.717) is 11.1 Å². The Kier molecular flexibility index (Phi) is 3.37. The minimum absolute atomic E-state index is 0.0182. The maximum atomic E-state index is 13.3. The Bertz CT molecular complexity index is 759. The van der Waals surface area contributed by atoms with Crippen LogP contribution in [0.2, 0.25) is 0 Å². The molecule has 0 saturated heterocycles. The highest BCUT2D eigenvalue weighted by Gasteiger charge is 2.19. The van der Waals surface area contributed by atoms with Gasteiger partial charge in [0.15, 0.2) is 17.7 Å². The van der Waals surface area contributed by atoms with Crippen LogP contribution in [-0.4, -0.2) is 20.4 Å². The normalized spacial score (nSPS) is 12.3. The highest BCUT2D eigenvalue weighted by molar-refractivity contribution is 5.56. The Balaban J connectivity index is 1.91. The second-order valence-electron chi connectivity index (χ2n) is 4.44. The second-order valence-corrected chi connectivity index (χ2v) is 4.44. The molecule has 5 nitrogen and oxygen atoms in total. The van der Waals surface area contributed by atoms with Gasteiger partial charge in [-0.1, -0.05) is 35.5 Å². The number of halogens is 1. The Labute approximate surface area is 119 Å². The van der Waals surface area contributed by atoms with Gasteiger partial charge >= 0.3 is 0 Å². The second kappa shape index (κ2) is 5.34. The number of aliphatic hydroxyl groups excluding tert-OH is 1. The molecule has 1 atom stereocenters. The largest absolute Gasteiger partial charge is 0.505 e. The zero-order valence-electron chi connectivity index (χ0n) is 10.8. The lowest BCUT2D eigenvalue weighted by Gasteiger charge is -2.04. The maximum Gasteiger partial charge on any atom is 0.260 e. The van der Waals surface area contributed by atoms with Gasteiger partial charge < -0.3 is 14.7 Å². The van der Waals surface area contributed by atoms with Gasteiger partial charge in [0.1, 0.15) is 0 Å². The quantitative estimate of drug-likeness (QED) is 0.773. The van der Waals surface area contributed by atoms with E-state index in [2.05, 4.69) is 10.1 Å². The molecule has 2 aromatic carbocycles. The Morgan fingerprint density at radius 1 is 1.10 bits per heavy atom. The zero-order valence-corrected chi connectivity index (χ0v) is 10.8. The number of rotatable bonds is 3. The fourth-order valence-electron chi connectivity index (χ4n) is 1.89. The standard InChI is InChI=1S/C15H11FN2O3/c16-11-8-10(6-7-12(11)19)14-17-15(21-18-14)13(20)9-4-2-1-3-5-9/h1-8,13,19-20H. The van der Waals surface area contributed by atoms with Crippen LogP contribution in [-0.2, 0) is 0 Å². The summed E-state index contributed by atoms with van der Waals surface area (Å²) in [4.78, 5) is 4.05. The average Bonchev–Trinajstić information content (AvgIpc) is 3.00. The van der Waals surface area contributed by atoms with Crippen LogP contribution in [0.1, 0.15) is 17.6 Å². The Morgan fingerprint density at radius 3 is 2.57 bits per heavy atom. The number of hydrogen-bond donors (Lipinski definition) is 2. The van der Waals surface area contributed by atoms with Gasteiger partial charge in [0, 0.05) is 5.56 Å². The van der Waals surface area contributed by atoms with Crippen molar-refractivity contribution in [2.75, 3.05) is 0 Å². The first kappa shape index (κ1) is 13.3. The van der Waals surface area contributed by atoms with E-state index in [9.17, 15) is 9.50 Å².